The number of sulfonamides is 1. The molecule has 2 aromatic rings. The van der Waals surface area contributed by atoms with Crippen molar-refractivity contribution in [2.45, 2.75) is 120 Å². The number of ether oxygens (including phenoxy) is 4. The third kappa shape index (κ3) is 8.04. The van der Waals surface area contributed by atoms with Crippen LogP contribution in [-0.4, -0.2) is 110 Å². The van der Waals surface area contributed by atoms with Gasteiger partial charge in [-0.25, -0.2) is 22.6 Å². The number of benzene rings is 1. The van der Waals surface area contributed by atoms with Gasteiger partial charge in [0.1, 0.15) is 40.9 Å². The number of carbonyl (C=O) groups excluding carboxylic acids is 4. The number of aromatic nitrogens is 1. The van der Waals surface area contributed by atoms with E-state index in [2.05, 4.69) is 29.5 Å². The number of methoxy groups -OCH3 is 1. The number of carbonyl (C=O) groups is 4. The van der Waals surface area contributed by atoms with Crippen LogP contribution < -0.4 is 24.8 Å². The molecule has 0 spiro atoms. The van der Waals surface area contributed by atoms with Gasteiger partial charge >= 0.3 is 6.09 Å². The van der Waals surface area contributed by atoms with Crippen LogP contribution in [0.1, 0.15) is 85.5 Å². The number of hydrogen-bond donors (Lipinski definition) is 3. The molecule has 3 saturated carbocycles. The van der Waals surface area contributed by atoms with E-state index < -0.39 is 80.5 Å². The molecule has 3 aliphatic carbocycles. The number of likely N-dealkylation sites (tertiary alicyclic amines) is 1. The van der Waals surface area contributed by atoms with Crippen molar-refractivity contribution in [3.8, 4) is 11.6 Å². The molecule has 4 amide bonds. The summed E-state index contributed by atoms with van der Waals surface area (Å²) >= 11 is 0. The summed E-state index contributed by atoms with van der Waals surface area (Å²) in [6, 6.07) is 5.10. The van der Waals surface area contributed by atoms with Crippen molar-refractivity contribution in [2.24, 2.45) is 23.7 Å². The lowest BCUT2D eigenvalue weighted by Crippen LogP contribution is -2.61. The average molecular weight is 830 g/mol. The van der Waals surface area contributed by atoms with Gasteiger partial charge in [0.2, 0.25) is 27.7 Å². The largest absolute Gasteiger partial charge is 0.494 e. The summed E-state index contributed by atoms with van der Waals surface area (Å²) in [6.07, 6.45) is 4.66. The third-order valence-corrected chi connectivity index (χ3v) is 15.1. The Morgan fingerprint density at radius 3 is 2.36 bits per heavy atom. The van der Waals surface area contributed by atoms with Crippen molar-refractivity contribution in [2.75, 3.05) is 33.5 Å². The molecule has 318 valence electrons. The Morgan fingerprint density at radius 1 is 1.10 bits per heavy atom. The number of rotatable bonds is 18. The zero-order valence-electron chi connectivity index (χ0n) is 33.9. The van der Waals surface area contributed by atoms with Gasteiger partial charge in [0.25, 0.3) is 5.91 Å². The van der Waals surface area contributed by atoms with Gasteiger partial charge in [0.15, 0.2) is 5.60 Å². The first-order valence-electron chi connectivity index (χ1n) is 20.5. The van der Waals surface area contributed by atoms with Crippen molar-refractivity contribution < 1.29 is 50.9 Å². The zero-order chi connectivity index (χ0) is 41.6. The second-order valence-electron chi connectivity index (χ2n) is 17.4. The minimum Gasteiger partial charge on any atom is -0.494 e. The number of fused-ring (bicyclic) bond motifs is 1. The summed E-state index contributed by atoms with van der Waals surface area (Å²) in [5, 5.41) is 7.08. The lowest BCUT2D eigenvalue weighted by Gasteiger charge is -2.41. The Kier molecular flexibility index (Phi) is 11.6. The summed E-state index contributed by atoms with van der Waals surface area (Å²) in [6.45, 7) is 7.15. The maximum absolute atomic E-state index is 15.0. The van der Waals surface area contributed by atoms with E-state index in [0.717, 1.165) is 31.1 Å². The average Bonchev–Trinajstić information content (AvgIpc) is 4.11. The third-order valence-electron chi connectivity index (χ3n) is 13.0. The number of pyridine rings is 1. The molecule has 7 atom stereocenters. The van der Waals surface area contributed by atoms with E-state index in [1.165, 1.54) is 18.2 Å². The van der Waals surface area contributed by atoms with Crippen LogP contribution in [0.5, 0.6) is 11.6 Å². The predicted molar refractivity (Wildman–Crippen MR) is 210 cm³/mol. The fraction of sp³-hybridized carbons (Fsp3) is 0.683. The molecule has 5 aliphatic rings. The molecule has 1 aromatic carbocycles. The monoisotopic (exact) mass is 829 g/mol. The van der Waals surface area contributed by atoms with E-state index >= 15 is 0 Å². The highest BCUT2D eigenvalue weighted by Crippen LogP contribution is 2.48. The Bertz CT molecular complexity index is 2020. The molecule has 7 unspecified atom stereocenters. The fourth-order valence-corrected chi connectivity index (χ4v) is 10.2. The van der Waals surface area contributed by atoms with E-state index in [0.29, 0.717) is 17.6 Å². The maximum Gasteiger partial charge on any atom is 0.408 e. The molecule has 3 heterocycles. The van der Waals surface area contributed by atoms with Gasteiger partial charge in [-0.15, -0.1) is 0 Å². The lowest BCUT2D eigenvalue weighted by atomic mass is 9.88. The first kappa shape index (κ1) is 41.9. The van der Waals surface area contributed by atoms with E-state index in [-0.39, 0.29) is 69.1 Å². The second-order valence-corrected chi connectivity index (χ2v) is 19.5. The molecular weight excluding hydrogens is 774 g/mol. The molecule has 2 saturated heterocycles. The van der Waals surface area contributed by atoms with Gasteiger partial charge in [-0.3, -0.25) is 19.1 Å². The van der Waals surface area contributed by atoms with Gasteiger partial charge in [0, 0.05) is 23.1 Å². The van der Waals surface area contributed by atoms with E-state index in [1.807, 2.05) is 35.9 Å². The van der Waals surface area contributed by atoms with Crippen molar-refractivity contribution in [3.63, 3.8) is 0 Å². The second kappa shape index (κ2) is 16.1. The number of nitrogens with zero attached hydrogens (tertiary/aromatic N) is 2. The highest BCUT2D eigenvalue weighted by Gasteiger charge is 2.63. The van der Waals surface area contributed by atoms with Gasteiger partial charge in [-0.2, -0.15) is 0 Å². The number of halogens is 1. The summed E-state index contributed by atoms with van der Waals surface area (Å²) in [4.78, 5) is 62.6. The first-order chi connectivity index (χ1) is 27.6. The molecule has 17 heteroatoms. The Hall–Kier alpha value is -4.25. The standard InChI is InChI=1S/C41H56FN5O10S/c1-6-9-24(2)16-25(3)33(44-38(51)57-40(22-55-23-40)27-12-13-27)36(49)47-20-28(56-35-30-11-8-7-10-29(30)32(54-5)19-43-35)17-31(47)34(48)45-41(18-26(41)4)37(50)46-58(52,53)39(21-42)14-15-39/h7-8,10-11,19,24-28,31,33H,6,9,12-18,20-23H2,1-5H3,(H,44,51)(H,45,48)(H,46,50). The Morgan fingerprint density at radius 2 is 1.79 bits per heavy atom. The minimum absolute atomic E-state index is 0.00509. The van der Waals surface area contributed by atoms with Crippen LogP contribution in [0, 0.1) is 23.7 Å². The molecule has 2 aliphatic heterocycles. The van der Waals surface area contributed by atoms with E-state index in [1.54, 1.807) is 6.92 Å². The number of alkyl halides is 1. The normalized spacial score (nSPS) is 27.0. The van der Waals surface area contributed by atoms with Crippen LogP contribution in [0.4, 0.5) is 9.18 Å². The molecule has 7 rings (SSSR count). The molecule has 1 aromatic heterocycles. The highest BCUT2D eigenvalue weighted by atomic mass is 32.2. The Balaban J connectivity index is 1.17. The van der Waals surface area contributed by atoms with Crippen molar-refractivity contribution in [1.29, 1.82) is 0 Å². The minimum atomic E-state index is -4.36. The summed E-state index contributed by atoms with van der Waals surface area (Å²) < 4.78 is 63.6. The van der Waals surface area contributed by atoms with Crippen LogP contribution in [0.15, 0.2) is 30.5 Å². The first-order valence-corrected chi connectivity index (χ1v) is 22.0. The Labute approximate surface area is 338 Å². The van der Waals surface area contributed by atoms with Crippen molar-refractivity contribution >= 4 is 44.6 Å². The van der Waals surface area contributed by atoms with Crippen LogP contribution in [0.2, 0.25) is 0 Å². The number of alkyl carbamates (subject to hydrolysis) is 1. The zero-order valence-corrected chi connectivity index (χ0v) is 34.7. The molecule has 3 N–H and O–H groups in total. The molecule has 58 heavy (non-hydrogen) atoms. The SMILES string of the molecule is CCCC(C)CC(C)C(NC(=O)OC1(C2CC2)COC1)C(=O)N1CC(Oc2ncc(OC)c3ccccc23)CC1C(=O)NC1(C(=O)NS(=O)(=O)C2(CF)CC2)CC1C. The van der Waals surface area contributed by atoms with E-state index in [9.17, 15) is 32.0 Å². The summed E-state index contributed by atoms with van der Waals surface area (Å²) in [5.74, 6) is -1.75. The van der Waals surface area contributed by atoms with Gasteiger partial charge in [-0.05, 0) is 62.3 Å². The van der Waals surface area contributed by atoms with Crippen LogP contribution in [0.3, 0.4) is 0 Å². The number of nitrogens with one attached hydrogen (secondary N) is 3. The predicted octanol–water partition coefficient (Wildman–Crippen LogP) is 4.17. The van der Waals surface area contributed by atoms with Gasteiger partial charge in [-0.1, -0.05) is 58.7 Å². The highest BCUT2D eigenvalue weighted by molar-refractivity contribution is 7.91. The fourth-order valence-electron chi connectivity index (χ4n) is 8.78. The lowest BCUT2D eigenvalue weighted by molar-refractivity contribution is -0.190. The van der Waals surface area contributed by atoms with Gasteiger partial charge in [0.05, 0.1) is 33.1 Å². The van der Waals surface area contributed by atoms with Gasteiger partial charge < -0.3 is 34.5 Å². The van der Waals surface area contributed by atoms with Crippen LogP contribution in [-0.2, 0) is 33.9 Å². The quantitative estimate of drug-likeness (QED) is 0.196. The van der Waals surface area contributed by atoms with Crippen molar-refractivity contribution in [3.05, 3.63) is 30.5 Å². The molecule has 0 radical (unpaired) electrons. The number of amides is 4. The van der Waals surface area contributed by atoms with Crippen LogP contribution in [0.25, 0.3) is 10.8 Å². The van der Waals surface area contributed by atoms with E-state index in [4.69, 9.17) is 18.9 Å². The van der Waals surface area contributed by atoms with Crippen molar-refractivity contribution in [1.82, 2.24) is 25.2 Å². The topological polar surface area (TPSA) is 192 Å². The number of hydrogen-bond acceptors (Lipinski definition) is 11. The molecular formula is C41H56FN5O10S. The maximum atomic E-state index is 15.0. The molecule has 15 nitrogen and oxygen atoms in total. The smallest absolute Gasteiger partial charge is 0.408 e. The molecule has 5 fully saturated rings. The summed E-state index contributed by atoms with van der Waals surface area (Å²) in [7, 11) is -2.82. The van der Waals surface area contributed by atoms with Crippen LogP contribution >= 0.6 is 0 Å². The summed E-state index contributed by atoms with van der Waals surface area (Å²) in [5.41, 5.74) is -2.32. The molecule has 0 bridgehead atoms.